The fourth-order valence-electron chi connectivity index (χ4n) is 4.07. The third kappa shape index (κ3) is 7.64. The summed E-state index contributed by atoms with van der Waals surface area (Å²) in [7, 11) is -16.7. The third-order valence-electron chi connectivity index (χ3n) is 5.86. The number of benzene rings is 1. The van der Waals surface area contributed by atoms with Crippen molar-refractivity contribution in [2.24, 2.45) is 0 Å². The molecule has 4 aromatic rings. The molecule has 1 aliphatic heterocycles. The number of nitrogens with zero attached hydrogens (tertiary/aromatic N) is 5. The number of phosphoric ester groups is 1. The standard InChI is InChI=1S/C20H21FN5O13P3S/c21-12-3-1-11(2-4-12)14(28)9-43-20-24-19-17(18-22-5-6-25(18)20)23-10-26(19)16-7-13(27)15(37-16)8-36-41(32,33)39-42(34,35)38-40(29,30)31/h1-6,10,13,15-16,27H,7-9H2,(H,32,33)(H,34,35)(H2,29,30,31)/t13-,15+,16+/m0/s1. The van der Waals surface area contributed by atoms with Crippen LogP contribution >= 0.6 is 35.2 Å². The lowest BCUT2D eigenvalue weighted by Gasteiger charge is -2.19. The number of carbonyl (C=O) groups excluding carboxylic acids is 1. The maximum atomic E-state index is 13.2. The van der Waals surface area contributed by atoms with E-state index in [-0.39, 0.29) is 23.6 Å². The number of hydrogen-bond donors (Lipinski definition) is 5. The van der Waals surface area contributed by atoms with Gasteiger partial charge in [-0.15, -0.1) is 0 Å². The van der Waals surface area contributed by atoms with E-state index in [2.05, 4.69) is 28.1 Å². The Morgan fingerprint density at radius 2 is 1.79 bits per heavy atom. The Labute approximate surface area is 243 Å². The van der Waals surface area contributed by atoms with Gasteiger partial charge >= 0.3 is 23.5 Å². The Morgan fingerprint density at radius 3 is 2.49 bits per heavy atom. The van der Waals surface area contributed by atoms with E-state index in [1.807, 2.05) is 0 Å². The monoisotopic (exact) mass is 683 g/mol. The lowest BCUT2D eigenvalue weighted by atomic mass is 10.1. The highest BCUT2D eigenvalue weighted by atomic mass is 32.2. The van der Waals surface area contributed by atoms with Gasteiger partial charge in [-0.1, -0.05) is 11.8 Å². The van der Waals surface area contributed by atoms with Crippen LogP contribution < -0.4 is 0 Å². The Morgan fingerprint density at radius 1 is 1.07 bits per heavy atom. The van der Waals surface area contributed by atoms with Crippen LogP contribution in [0.25, 0.3) is 16.8 Å². The molecule has 5 atom stereocenters. The van der Waals surface area contributed by atoms with Crippen LogP contribution in [0.5, 0.6) is 0 Å². The predicted octanol–water partition coefficient (Wildman–Crippen LogP) is 2.18. The van der Waals surface area contributed by atoms with Gasteiger partial charge in [-0.25, -0.2) is 33.0 Å². The number of imidazole rings is 2. The van der Waals surface area contributed by atoms with Crippen molar-refractivity contribution in [1.82, 2.24) is 23.9 Å². The van der Waals surface area contributed by atoms with E-state index < -0.39 is 54.3 Å². The molecule has 0 saturated carbocycles. The molecule has 43 heavy (non-hydrogen) atoms. The zero-order valence-electron chi connectivity index (χ0n) is 21.3. The van der Waals surface area contributed by atoms with Crippen molar-refractivity contribution < 1.29 is 65.4 Å². The first-order valence-corrected chi connectivity index (χ1v) is 17.3. The summed E-state index contributed by atoms with van der Waals surface area (Å²) < 4.78 is 68.3. The highest BCUT2D eigenvalue weighted by Crippen LogP contribution is 2.66. The smallest absolute Gasteiger partial charge is 0.390 e. The maximum absolute atomic E-state index is 13.2. The summed E-state index contributed by atoms with van der Waals surface area (Å²) in [5.41, 5.74) is 1.34. The number of aliphatic hydroxyl groups excluding tert-OH is 1. The fourth-order valence-corrected chi connectivity index (χ4v) is 7.96. The Bertz CT molecular complexity index is 1820. The average molecular weight is 683 g/mol. The molecule has 0 radical (unpaired) electrons. The van der Waals surface area contributed by atoms with Gasteiger partial charge in [0, 0.05) is 24.4 Å². The number of phosphoric acid groups is 3. The Kier molecular flexibility index (Phi) is 9.06. The van der Waals surface area contributed by atoms with Gasteiger partial charge in [-0.05, 0) is 24.3 Å². The summed E-state index contributed by atoms with van der Waals surface area (Å²) in [5.74, 6) is -0.776. The maximum Gasteiger partial charge on any atom is 0.490 e. The molecule has 5 rings (SSSR count). The molecule has 2 unspecified atom stereocenters. The molecule has 232 valence electrons. The minimum absolute atomic E-state index is 0.0349. The minimum Gasteiger partial charge on any atom is -0.390 e. The van der Waals surface area contributed by atoms with Crippen LogP contribution in [0.4, 0.5) is 4.39 Å². The summed E-state index contributed by atoms with van der Waals surface area (Å²) >= 11 is 1.09. The SMILES string of the molecule is O=C(CSc1nc2c(ncn2[C@H]2C[C@H](O)[C@@H](COP(=O)(O)OP(=O)(O)OP(=O)(O)O)O2)c2nccn12)c1ccc(F)cc1. The summed E-state index contributed by atoms with van der Waals surface area (Å²) in [6.45, 7) is -0.849. The van der Waals surface area contributed by atoms with Crippen molar-refractivity contribution in [2.45, 2.75) is 30.0 Å². The van der Waals surface area contributed by atoms with E-state index in [1.165, 1.54) is 41.4 Å². The highest BCUT2D eigenvalue weighted by molar-refractivity contribution is 7.99. The van der Waals surface area contributed by atoms with Gasteiger partial charge < -0.3 is 29.4 Å². The molecule has 1 aromatic carbocycles. The molecule has 0 spiro atoms. The molecule has 5 N–H and O–H groups in total. The number of aromatic nitrogens is 5. The van der Waals surface area contributed by atoms with Crippen LogP contribution in [-0.2, 0) is 31.6 Å². The first-order chi connectivity index (χ1) is 20.1. The van der Waals surface area contributed by atoms with E-state index in [9.17, 15) is 37.8 Å². The van der Waals surface area contributed by atoms with E-state index in [0.717, 1.165) is 11.8 Å². The zero-order valence-corrected chi connectivity index (χ0v) is 24.8. The lowest BCUT2D eigenvalue weighted by Crippen LogP contribution is -2.26. The van der Waals surface area contributed by atoms with Gasteiger partial charge in [0.1, 0.15) is 18.1 Å². The molecule has 3 aromatic heterocycles. The number of ether oxygens (including phenoxy) is 1. The van der Waals surface area contributed by atoms with Gasteiger partial charge in [-0.2, -0.15) is 8.62 Å². The van der Waals surface area contributed by atoms with Gasteiger partial charge in [0.25, 0.3) is 0 Å². The molecule has 4 heterocycles. The van der Waals surface area contributed by atoms with Gasteiger partial charge in [0.2, 0.25) is 0 Å². The Hall–Kier alpha value is -2.41. The molecule has 23 heteroatoms. The fraction of sp³-hybridized carbons (Fsp3) is 0.300. The minimum atomic E-state index is -5.71. The molecular formula is C20H21FN5O13P3S. The van der Waals surface area contributed by atoms with Crippen molar-refractivity contribution >= 4 is 57.8 Å². The molecule has 0 bridgehead atoms. The van der Waals surface area contributed by atoms with Crippen LogP contribution in [0.3, 0.4) is 0 Å². The Balaban J connectivity index is 1.30. The van der Waals surface area contributed by atoms with E-state index >= 15 is 0 Å². The molecule has 1 saturated heterocycles. The van der Waals surface area contributed by atoms with Crippen LogP contribution in [0.15, 0.2) is 48.1 Å². The quantitative estimate of drug-likeness (QED) is 0.0620. The van der Waals surface area contributed by atoms with Crippen molar-refractivity contribution in [3.8, 4) is 0 Å². The topological polar surface area (TPSA) is 254 Å². The second-order valence-corrected chi connectivity index (χ2v) is 14.2. The normalized spacial score (nSPS) is 22.1. The number of halogens is 1. The number of carbonyl (C=O) groups is 1. The van der Waals surface area contributed by atoms with E-state index in [0.29, 0.717) is 21.9 Å². The second kappa shape index (κ2) is 12.2. The predicted molar refractivity (Wildman–Crippen MR) is 142 cm³/mol. The molecule has 0 aliphatic carbocycles. The highest BCUT2D eigenvalue weighted by Gasteiger charge is 2.43. The van der Waals surface area contributed by atoms with Crippen LogP contribution in [0.2, 0.25) is 0 Å². The number of fused-ring (bicyclic) bond motifs is 3. The summed E-state index contributed by atoms with van der Waals surface area (Å²) in [6, 6.07) is 5.11. The van der Waals surface area contributed by atoms with Crippen molar-refractivity contribution in [1.29, 1.82) is 0 Å². The van der Waals surface area contributed by atoms with Crippen molar-refractivity contribution in [3.63, 3.8) is 0 Å². The van der Waals surface area contributed by atoms with Crippen LogP contribution in [-0.4, -0.2) is 79.0 Å². The molecule has 0 amide bonds. The van der Waals surface area contributed by atoms with Crippen LogP contribution in [0, 0.1) is 5.82 Å². The largest absolute Gasteiger partial charge is 0.490 e. The average Bonchev–Trinajstić information content (AvgIpc) is 3.62. The number of ketones is 1. The number of thioether (sulfide) groups is 1. The third-order valence-corrected chi connectivity index (χ3v) is 10.6. The van der Waals surface area contributed by atoms with E-state index in [4.69, 9.17) is 14.5 Å². The first kappa shape index (κ1) is 32.0. The summed E-state index contributed by atoms with van der Waals surface area (Å²) in [5, 5.41) is 10.9. The van der Waals surface area contributed by atoms with Crippen molar-refractivity contribution in [2.75, 3.05) is 12.4 Å². The number of aliphatic hydroxyl groups is 1. The molecule has 1 aliphatic rings. The first-order valence-electron chi connectivity index (χ1n) is 11.8. The van der Waals surface area contributed by atoms with Gasteiger partial charge in [0.15, 0.2) is 27.8 Å². The second-order valence-electron chi connectivity index (χ2n) is 8.88. The van der Waals surface area contributed by atoms with Gasteiger partial charge in [0.05, 0.1) is 24.8 Å². The summed E-state index contributed by atoms with van der Waals surface area (Å²) in [4.78, 5) is 62.1. The van der Waals surface area contributed by atoms with Gasteiger partial charge in [-0.3, -0.25) is 18.3 Å². The van der Waals surface area contributed by atoms with Crippen LogP contribution in [0.1, 0.15) is 23.0 Å². The number of rotatable bonds is 12. The summed E-state index contributed by atoms with van der Waals surface area (Å²) in [6.07, 6.45) is 0.931. The van der Waals surface area contributed by atoms with E-state index in [1.54, 1.807) is 10.6 Å². The molecule has 1 fully saturated rings. The molecule has 18 nitrogen and oxygen atoms in total. The number of hydrogen-bond acceptors (Lipinski definition) is 13. The van der Waals surface area contributed by atoms with Crippen molar-refractivity contribution in [3.05, 3.63) is 54.4 Å². The zero-order chi connectivity index (χ0) is 31.2. The number of Topliss-reactive ketones (excluding diaryl/α,β-unsaturated/α-hetero) is 1. The molecular weight excluding hydrogens is 662 g/mol. The lowest BCUT2D eigenvalue weighted by molar-refractivity contribution is -0.0423.